The monoisotopic (exact) mass is 399 g/mol. The number of allylic oxidation sites excluding steroid dienone is 1. The van der Waals surface area contributed by atoms with E-state index in [1.807, 2.05) is 55.3 Å². The molecule has 0 aliphatic carbocycles. The number of hydrogen-bond donors (Lipinski definition) is 0. The van der Waals surface area contributed by atoms with Crippen molar-refractivity contribution in [3.05, 3.63) is 83.0 Å². The summed E-state index contributed by atoms with van der Waals surface area (Å²) in [7, 11) is 0. The lowest BCUT2D eigenvalue weighted by atomic mass is 10.1. The van der Waals surface area contributed by atoms with E-state index in [0.29, 0.717) is 21.5 Å². The van der Waals surface area contributed by atoms with Crippen LogP contribution in [0, 0.1) is 6.92 Å². The van der Waals surface area contributed by atoms with E-state index in [1.54, 1.807) is 18.5 Å². The normalized spacial score (nSPS) is 11.1. The van der Waals surface area contributed by atoms with E-state index in [2.05, 4.69) is 16.5 Å². The maximum Gasteiger partial charge on any atom is 0.146 e. The van der Waals surface area contributed by atoms with Crippen LogP contribution in [0.3, 0.4) is 0 Å². The van der Waals surface area contributed by atoms with E-state index in [0.717, 1.165) is 22.3 Å². The number of anilines is 1. The number of pyridine rings is 2. The smallest absolute Gasteiger partial charge is 0.146 e. The van der Waals surface area contributed by atoms with Gasteiger partial charge in [0.1, 0.15) is 23.0 Å². The summed E-state index contributed by atoms with van der Waals surface area (Å²) in [5.41, 5.74) is 3.27. The number of rotatable bonds is 6. The molecule has 0 bridgehead atoms. The Hall–Kier alpha value is -2.56. The third-order valence-electron chi connectivity index (χ3n) is 4.01. The van der Waals surface area contributed by atoms with Crippen molar-refractivity contribution in [1.82, 2.24) is 9.97 Å². The van der Waals surface area contributed by atoms with Gasteiger partial charge in [0.2, 0.25) is 0 Å². The molecule has 2 heterocycles. The fourth-order valence-corrected chi connectivity index (χ4v) is 3.24. The highest BCUT2D eigenvalue weighted by Crippen LogP contribution is 2.33. The predicted octanol–water partition coefficient (Wildman–Crippen LogP) is 6.31. The minimum absolute atomic E-state index is 0.204. The number of hydrogen-bond acceptors (Lipinski definition) is 4. The molecular formula is C21H19Cl2N3O. The summed E-state index contributed by atoms with van der Waals surface area (Å²) >= 11 is 12.4. The molecule has 6 heteroatoms. The molecule has 1 aromatic carbocycles. The van der Waals surface area contributed by atoms with E-state index in [9.17, 15) is 0 Å². The Morgan fingerprint density at radius 1 is 1.26 bits per heavy atom. The van der Waals surface area contributed by atoms with Gasteiger partial charge in [-0.05, 0) is 32.0 Å². The quantitative estimate of drug-likeness (QED) is 0.455. The Morgan fingerprint density at radius 3 is 2.78 bits per heavy atom. The number of halogens is 2. The van der Waals surface area contributed by atoms with Crippen molar-refractivity contribution in [2.24, 2.45) is 0 Å². The van der Waals surface area contributed by atoms with Crippen LogP contribution in [0.25, 0.3) is 10.9 Å². The summed E-state index contributed by atoms with van der Waals surface area (Å²) in [5.74, 6) is 0.651. The molecule has 4 nitrogen and oxygen atoms in total. The topological polar surface area (TPSA) is 38.2 Å². The molecule has 0 aliphatic heterocycles. The van der Waals surface area contributed by atoms with Gasteiger partial charge in [0.05, 0.1) is 10.7 Å². The van der Waals surface area contributed by atoms with Crippen LogP contribution < -0.4 is 9.64 Å². The summed E-state index contributed by atoms with van der Waals surface area (Å²) in [4.78, 5) is 10.7. The highest BCUT2D eigenvalue weighted by molar-refractivity contribution is 6.35. The Morgan fingerprint density at radius 2 is 2.07 bits per heavy atom. The maximum atomic E-state index is 6.21. The number of fused-ring (bicyclic) bond motifs is 1. The zero-order valence-electron chi connectivity index (χ0n) is 15.1. The zero-order valence-corrected chi connectivity index (χ0v) is 16.6. The average Bonchev–Trinajstić information content (AvgIpc) is 2.65. The van der Waals surface area contributed by atoms with Crippen molar-refractivity contribution in [2.75, 3.05) is 4.90 Å². The van der Waals surface area contributed by atoms with Gasteiger partial charge in [0.25, 0.3) is 0 Å². The highest BCUT2D eigenvalue weighted by atomic mass is 35.5. The van der Waals surface area contributed by atoms with E-state index in [1.165, 1.54) is 0 Å². The molecule has 138 valence electrons. The SMILES string of the molecule is C=CN(/C=C\C)c1cc(C)nc2c(OCc3c(Cl)ccnc3Cl)cccc12. The van der Waals surface area contributed by atoms with Crippen molar-refractivity contribution in [2.45, 2.75) is 20.5 Å². The first-order valence-corrected chi connectivity index (χ1v) is 9.16. The second-order valence-electron chi connectivity index (χ2n) is 5.86. The maximum absolute atomic E-state index is 6.21. The summed E-state index contributed by atoms with van der Waals surface area (Å²) in [6, 6.07) is 9.53. The lowest BCUT2D eigenvalue weighted by Gasteiger charge is -2.19. The van der Waals surface area contributed by atoms with Crippen molar-refractivity contribution in [3.63, 3.8) is 0 Å². The predicted molar refractivity (Wildman–Crippen MR) is 113 cm³/mol. The van der Waals surface area contributed by atoms with Gasteiger partial charge in [-0.25, -0.2) is 9.97 Å². The standard InChI is InChI=1S/C21H19Cl2N3O/c1-4-11-26(5-2)18-12-14(3)25-20-15(18)7-6-8-19(20)27-13-16-17(22)9-10-24-21(16)23/h4-12H,2,13H2,1,3H3/b11-4-. The van der Waals surface area contributed by atoms with Crippen LogP contribution in [0.1, 0.15) is 18.2 Å². The summed E-state index contributed by atoms with van der Waals surface area (Å²) in [6.45, 7) is 8.01. The Kier molecular flexibility index (Phi) is 5.99. The second kappa shape index (κ2) is 8.42. The highest BCUT2D eigenvalue weighted by Gasteiger charge is 2.13. The number of ether oxygens (including phenoxy) is 1. The number of para-hydroxylation sites is 1. The number of aromatic nitrogens is 2. The lowest BCUT2D eigenvalue weighted by Crippen LogP contribution is -2.08. The lowest BCUT2D eigenvalue weighted by molar-refractivity contribution is 0.309. The minimum Gasteiger partial charge on any atom is -0.486 e. The first-order valence-electron chi connectivity index (χ1n) is 8.41. The average molecular weight is 400 g/mol. The molecule has 3 rings (SSSR count). The van der Waals surface area contributed by atoms with Gasteiger partial charge in [-0.1, -0.05) is 48.0 Å². The van der Waals surface area contributed by atoms with E-state index in [-0.39, 0.29) is 6.61 Å². The van der Waals surface area contributed by atoms with Crippen molar-refractivity contribution in [3.8, 4) is 5.75 Å². The molecule has 0 amide bonds. The molecule has 0 radical (unpaired) electrons. The third-order valence-corrected chi connectivity index (χ3v) is 4.69. The molecule has 0 aliphatic rings. The summed E-state index contributed by atoms with van der Waals surface area (Å²) in [5, 5.41) is 1.81. The molecule has 0 spiro atoms. The van der Waals surface area contributed by atoms with E-state index in [4.69, 9.17) is 27.9 Å². The first-order chi connectivity index (χ1) is 13.0. The number of benzene rings is 1. The van der Waals surface area contributed by atoms with Gasteiger partial charge in [-0.3, -0.25) is 0 Å². The molecular weight excluding hydrogens is 381 g/mol. The van der Waals surface area contributed by atoms with Crippen LogP contribution in [0.4, 0.5) is 5.69 Å². The van der Waals surface area contributed by atoms with Gasteiger partial charge in [-0.15, -0.1) is 0 Å². The van der Waals surface area contributed by atoms with Gasteiger partial charge in [-0.2, -0.15) is 0 Å². The molecule has 0 fully saturated rings. The zero-order chi connectivity index (χ0) is 19.4. The molecule has 0 N–H and O–H groups in total. The third kappa shape index (κ3) is 4.07. The van der Waals surface area contributed by atoms with Crippen LogP contribution in [0.2, 0.25) is 10.2 Å². The molecule has 3 aromatic rings. The summed E-state index contributed by atoms with van der Waals surface area (Å²) in [6.07, 6.45) is 7.23. The first kappa shape index (κ1) is 19.2. The number of nitrogens with zero attached hydrogens (tertiary/aromatic N) is 3. The second-order valence-corrected chi connectivity index (χ2v) is 6.62. The molecule has 0 saturated carbocycles. The van der Waals surface area contributed by atoms with E-state index >= 15 is 0 Å². The van der Waals surface area contributed by atoms with Crippen molar-refractivity contribution >= 4 is 39.8 Å². The van der Waals surface area contributed by atoms with Crippen LogP contribution in [-0.2, 0) is 6.61 Å². The van der Waals surface area contributed by atoms with Crippen LogP contribution in [0.15, 0.2) is 61.6 Å². The Bertz CT molecular complexity index is 997. The van der Waals surface area contributed by atoms with Crippen LogP contribution >= 0.6 is 23.2 Å². The number of aryl methyl sites for hydroxylation is 1. The molecule has 0 saturated heterocycles. The van der Waals surface area contributed by atoms with Gasteiger partial charge in [0.15, 0.2) is 0 Å². The molecule has 0 unspecified atom stereocenters. The molecule has 0 atom stereocenters. The van der Waals surface area contributed by atoms with Crippen LogP contribution in [0.5, 0.6) is 5.75 Å². The Balaban J connectivity index is 2.05. The van der Waals surface area contributed by atoms with Crippen molar-refractivity contribution < 1.29 is 4.74 Å². The fourth-order valence-electron chi connectivity index (χ4n) is 2.78. The fraction of sp³-hybridized carbons (Fsp3) is 0.143. The van der Waals surface area contributed by atoms with Crippen LogP contribution in [-0.4, -0.2) is 9.97 Å². The van der Waals surface area contributed by atoms with Gasteiger partial charge in [0, 0.05) is 35.2 Å². The largest absolute Gasteiger partial charge is 0.486 e. The summed E-state index contributed by atoms with van der Waals surface area (Å²) < 4.78 is 6.02. The van der Waals surface area contributed by atoms with Crippen molar-refractivity contribution in [1.29, 1.82) is 0 Å². The van der Waals surface area contributed by atoms with E-state index < -0.39 is 0 Å². The minimum atomic E-state index is 0.204. The molecule has 27 heavy (non-hydrogen) atoms. The molecule has 2 aromatic heterocycles. The van der Waals surface area contributed by atoms with Gasteiger partial charge < -0.3 is 9.64 Å². The Labute approximate surface area is 168 Å². The van der Waals surface area contributed by atoms with Gasteiger partial charge >= 0.3 is 0 Å².